The Morgan fingerprint density at radius 3 is 2.59 bits per heavy atom. The second-order valence-electron chi connectivity index (χ2n) is 8.44. The lowest BCUT2D eigenvalue weighted by atomic mass is 9.98. The van der Waals surface area contributed by atoms with Crippen LogP contribution in [0.5, 0.6) is 0 Å². The molecule has 0 saturated carbocycles. The molecular formula is C25H32N4O3. The quantitative estimate of drug-likeness (QED) is 0.687. The van der Waals surface area contributed by atoms with Crippen molar-refractivity contribution in [2.45, 2.75) is 46.2 Å². The lowest BCUT2D eigenvalue weighted by Crippen LogP contribution is -2.48. The third-order valence-electron chi connectivity index (χ3n) is 6.18. The summed E-state index contributed by atoms with van der Waals surface area (Å²) < 4.78 is 5.45. The van der Waals surface area contributed by atoms with Crippen molar-refractivity contribution >= 4 is 5.91 Å². The van der Waals surface area contributed by atoms with Crippen LogP contribution in [0.4, 0.5) is 0 Å². The highest BCUT2D eigenvalue weighted by Crippen LogP contribution is 2.18. The van der Waals surface area contributed by atoms with Gasteiger partial charge in [0.2, 0.25) is 5.91 Å². The van der Waals surface area contributed by atoms with E-state index in [1.54, 1.807) is 6.92 Å². The first-order valence-electron chi connectivity index (χ1n) is 11.2. The summed E-state index contributed by atoms with van der Waals surface area (Å²) in [7, 11) is 0. The zero-order chi connectivity index (χ0) is 23.1. The molecule has 2 aromatic rings. The summed E-state index contributed by atoms with van der Waals surface area (Å²) in [6, 6.07) is 12.1. The topological polar surface area (TPSA) is 89.4 Å². The monoisotopic (exact) mass is 436 g/mol. The van der Waals surface area contributed by atoms with E-state index in [1.165, 1.54) is 0 Å². The van der Waals surface area contributed by atoms with E-state index < -0.39 is 0 Å². The number of carbonyl (C=O) groups is 1. The molecule has 2 heterocycles. The molecule has 7 nitrogen and oxygen atoms in total. The van der Waals surface area contributed by atoms with Gasteiger partial charge in [-0.1, -0.05) is 30.3 Å². The van der Waals surface area contributed by atoms with Gasteiger partial charge in [0.05, 0.1) is 13.2 Å². The number of carbonyl (C=O) groups excluding carboxylic acids is 1. The van der Waals surface area contributed by atoms with Crippen LogP contribution in [0.1, 0.15) is 41.3 Å². The molecule has 1 aromatic heterocycles. The minimum Gasteiger partial charge on any atom is -0.379 e. The van der Waals surface area contributed by atoms with E-state index in [0.717, 1.165) is 49.7 Å². The lowest BCUT2D eigenvalue weighted by molar-refractivity contribution is -0.134. The average Bonchev–Trinajstić information content (AvgIpc) is 2.78. The number of H-pyrrole nitrogens is 1. The van der Waals surface area contributed by atoms with Crippen LogP contribution < -0.4 is 5.56 Å². The fourth-order valence-electron chi connectivity index (χ4n) is 4.32. The molecule has 32 heavy (non-hydrogen) atoms. The lowest BCUT2D eigenvalue weighted by Gasteiger charge is -2.35. The van der Waals surface area contributed by atoms with Gasteiger partial charge < -0.3 is 14.6 Å². The number of rotatable bonds is 8. The molecule has 170 valence electrons. The molecule has 1 fully saturated rings. The van der Waals surface area contributed by atoms with Gasteiger partial charge in [-0.15, -0.1) is 0 Å². The second-order valence-corrected chi connectivity index (χ2v) is 8.44. The van der Waals surface area contributed by atoms with E-state index in [0.29, 0.717) is 24.9 Å². The van der Waals surface area contributed by atoms with Gasteiger partial charge >= 0.3 is 0 Å². The zero-order valence-electron chi connectivity index (χ0n) is 19.2. The SMILES string of the molecule is Cc1[nH]c(=O)c(C#N)c(C)c1CCC(=O)N(Cc1ccccc1)C(C)CN1CCOCC1. The van der Waals surface area contributed by atoms with Gasteiger partial charge in [0, 0.05) is 44.3 Å². The summed E-state index contributed by atoms with van der Waals surface area (Å²) in [6.07, 6.45) is 0.802. The molecule has 1 amide bonds. The molecule has 1 unspecified atom stereocenters. The summed E-state index contributed by atoms with van der Waals surface area (Å²) in [5.41, 5.74) is 3.10. The molecule has 1 saturated heterocycles. The summed E-state index contributed by atoms with van der Waals surface area (Å²) >= 11 is 0. The van der Waals surface area contributed by atoms with Crippen molar-refractivity contribution < 1.29 is 9.53 Å². The number of aromatic nitrogens is 1. The van der Waals surface area contributed by atoms with Crippen LogP contribution in [0.15, 0.2) is 35.1 Å². The number of hydrogen-bond acceptors (Lipinski definition) is 5. The van der Waals surface area contributed by atoms with Crippen LogP contribution in [-0.2, 0) is 22.5 Å². The van der Waals surface area contributed by atoms with E-state index in [4.69, 9.17) is 4.74 Å². The van der Waals surface area contributed by atoms with Crippen LogP contribution in [0.2, 0.25) is 0 Å². The highest BCUT2D eigenvalue weighted by Gasteiger charge is 2.24. The molecule has 0 radical (unpaired) electrons. The third kappa shape index (κ3) is 5.84. The van der Waals surface area contributed by atoms with Gasteiger partial charge in [-0.25, -0.2) is 0 Å². The van der Waals surface area contributed by atoms with Gasteiger partial charge in [-0.2, -0.15) is 5.26 Å². The number of amides is 1. The maximum Gasteiger partial charge on any atom is 0.266 e. The number of pyridine rings is 1. The second kappa shape index (κ2) is 11.1. The standard InChI is InChI=1S/C25H32N4O3/c1-18(16-28-11-13-32-14-12-28)29(17-21-7-5-4-6-8-21)24(30)10-9-22-19(2)23(15-26)25(31)27-20(22)3/h4-8,18H,9-14,16-17H2,1-3H3,(H,27,31). The van der Waals surface area contributed by atoms with Crippen LogP contribution in [0, 0.1) is 25.2 Å². The summed E-state index contributed by atoms with van der Waals surface area (Å²) in [5, 5.41) is 9.31. The number of ether oxygens (including phenoxy) is 1. The molecule has 1 aliphatic rings. The smallest absolute Gasteiger partial charge is 0.266 e. The van der Waals surface area contributed by atoms with E-state index in [2.05, 4.69) is 16.8 Å². The van der Waals surface area contributed by atoms with Crippen LogP contribution in [0.25, 0.3) is 0 Å². The number of aryl methyl sites for hydroxylation is 1. The van der Waals surface area contributed by atoms with Crippen molar-refractivity contribution in [1.82, 2.24) is 14.8 Å². The summed E-state index contributed by atoms with van der Waals surface area (Å²) in [5.74, 6) is 0.0677. The Balaban J connectivity index is 1.76. The van der Waals surface area contributed by atoms with Gasteiger partial charge in [-0.05, 0) is 43.9 Å². The van der Waals surface area contributed by atoms with Crippen LogP contribution >= 0.6 is 0 Å². The van der Waals surface area contributed by atoms with Crippen LogP contribution in [0.3, 0.4) is 0 Å². The number of nitriles is 1. The normalized spacial score (nSPS) is 15.2. The van der Waals surface area contributed by atoms with Crippen molar-refractivity contribution in [2.24, 2.45) is 0 Å². The molecule has 3 rings (SSSR count). The van der Waals surface area contributed by atoms with Crippen molar-refractivity contribution in [3.05, 3.63) is 68.6 Å². The maximum absolute atomic E-state index is 13.4. The van der Waals surface area contributed by atoms with E-state index in [-0.39, 0.29) is 23.1 Å². The number of hydrogen-bond donors (Lipinski definition) is 1. The van der Waals surface area contributed by atoms with E-state index in [9.17, 15) is 14.9 Å². The maximum atomic E-state index is 13.4. The molecule has 7 heteroatoms. The summed E-state index contributed by atoms with van der Waals surface area (Å²) in [4.78, 5) is 32.4. The van der Waals surface area contributed by atoms with Crippen molar-refractivity contribution in [1.29, 1.82) is 5.26 Å². The number of aromatic amines is 1. The summed E-state index contributed by atoms with van der Waals surface area (Å²) in [6.45, 7) is 10.3. The molecule has 1 aliphatic heterocycles. The molecule has 0 bridgehead atoms. The first-order valence-corrected chi connectivity index (χ1v) is 11.2. The minimum absolute atomic E-state index is 0.0493. The van der Waals surface area contributed by atoms with E-state index in [1.807, 2.05) is 48.2 Å². The Hall–Kier alpha value is -2.95. The Morgan fingerprint density at radius 2 is 1.94 bits per heavy atom. The fraction of sp³-hybridized carbons (Fsp3) is 0.480. The Morgan fingerprint density at radius 1 is 1.25 bits per heavy atom. The Labute approximate surface area is 189 Å². The Bertz CT molecular complexity index is 1020. The van der Waals surface area contributed by atoms with Crippen molar-refractivity contribution in [2.75, 3.05) is 32.8 Å². The first-order chi connectivity index (χ1) is 15.4. The highest BCUT2D eigenvalue weighted by atomic mass is 16.5. The number of morpholine rings is 1. The molecule has 0 spiro atoms. The fourth-order valence-corrected chi connectivity index (χ4v) is 4.32. The van der Waals surface area contributed by atoms with Crippen LogP contribution in [-0.4, -0.2) is 59.6 Å². The minimum atomic E-state index is -0.373. The first kappa shape index (κ1) is 23.7. The zero-order valence-corrected chi connectivity index (χ0v) is 19.2. The molecule has 1 N–H and O–H groups in total. The predicted octanol–water partition coefficient (Wildman–Crippen LogP) is 2.55. The number of benzene rings is 1. The molecule has 1 atom stereocenters. The van der Waals surface area contributed by atoms with Gasteiger partial charge in [0.25, 0.3) is 5.56 Å². The van der Waals surface area contributed by atoms with Crippen molar-refractivity contribution in [3.63, 3.8) is 0 Å². The third-order valence-corrected chi connectivity index (χ3v) is 6.18. The average molecular weight is 437 g/mol. The van der Waals surface area contributed by atoms with E-state index >= 15 is 0 Å². The van der Waals surface area contributed by atoms with Crippen molar-refractivity contribution in [3.8, 4) is 6.07 Å². The number of nitrogens with one attached hydrogen (secondary N) is 1. The number of nitrogens with zero attached hydrogens (tertiary/aromatic N) is 3. The molecule has 0 aliphatic carbocycles. The predicted molar refractivity (Wildman–Crippen MR) is 123 cm³/mol. The molecule has 1 aromatic carbocycles. The largest absolute Gasteiger partial charge is 0.379 e. The Kier molecular flexibility index (Phi) is 8.20. The van der Waals surface area contributed by atoms with Gasteiger partial charge in [-0.3, -0.25) is 14.5 Å². The molecular weight excluding hydrogens is 404 g/mol. The van der Waals surface area contributed by atoms with Gasteiger partial charge in [0.1, 0.15) is 11.6 Å². The highest BCUT2D eigenvalue weighted by molar-refractivity contribution is 5.77. The van der Waals surface area contributed by atoms with Gasteiger partial charge in [0.15, 0.2) is 0 Å².